The number of hydrogen-bond acceptors (Lipinski definition) is 5. The second kappa shape index (κ2) is 6.22. The van der Waals surface area contributed by atoms with E-state index in [4.69, 9.17) is 0 Å². The van der Waals surface area contributed by atoms with Crippen LogP contribution >= 0.6 is 0 Å². The number of H-pyrrole nitrogens is 3. The topological polar surface area (TPSA) is 132 Å². The van der Waals surface area contributed by atoms with Crippen LogP contribution in [0.1, 0.15) is 24.6 Å². The van der Waals surface area contributed by atoms with Crippen molar-refractivity contribution in [3.63, 3.8) is 0 Å². The van der Waals surface area contributed by atoms with Crippen molar-refractivity contribution in [3.8, 4) is 0 Å². The van der Waals surface area contributed by atoms with Gasteiger partial charge in [-0.05, 0) is 25.0 Å². The quantitative estimate of drug-likeness (QED) is 0.614. The average Bonchev–Trinajstić information content (AvgIpc) is 3.06. The van der Waals surface area contributed by atoms with Crippen molar-refractivity contribution in [2.45, 2.75) is 23.7 Å². The Morgan fingerprint density at radius 1 is 1.15 bits per heavy atom. The van der Waals surface area contributed by atoms with Crippen LogP contribution < -0.4 is 11.2 Å². The van der Waals surface area contributed by atoms with Crippen LogP contribution in [0.15, 0.2) is 44.9 Å². The van der Waals surface area contributed by atoms with E-state index in [9.17, 15) is 18.0 Å². The second-order valence-corrected chi connectivity index (χ2v) is 8.18. The summed E-state index contributed by atoms with van der Waals surface area (Å²) in [5.41, 5.74) is 0.0754. The van der Waals surface area contributed by atoms with Gasteiger partial charge in [0.05, 0.1) is 11.0 Å². The van der Waals surface area contributed by atoms with Crippen molar-refractivity contribution in [1.82, 2.24) is 24.2 Å². The van der Waals surface area contributed by atoms with Crippen LogP contribution in [0.4, 0.5) is 0 Å². The van der Waals surface area contributed by atoms with E-state index in [2.05, 4.69) is 15.0 Å². The fourth-order valence-electron chi connectivity index (χ4n) is 3.28. The first kappa shape index (κ1) is 16.7. The number of aromatic amines is 3. The molecule has 1 fully saturated rings. The van der Waals surface area contributed by atoms with Crippen molar-refractivity contribution in [1.29, 1.82) is 0 Å². The number of aromatic nitrogens is 4. The Kier molecular flexibility index (Phi) is 4.00. The van der Waals surface area contributed by atoms with Gasteiger partial charge in [-0.25, -0.2) is 18.2 Å². The molecule has 1 atom stereocenters. The molecule has 3 aromatic rings. The standard InChI is InChI=1S/C16H17N5O4S/c22-15-13(8-17-16(23)20-15)26(24,25)21-7-3-4-10(9-21)14-18-11-5-1-2-6-12(11)19-14/h1-2,5-6,8,10H,3-4,7,9H2,(H,18,19)(H2,17,20,22,23). The second-order valence-electron chi connectivity index (χ2n) is 6.28. The van der Waals surface area contributed by atoms with Gasteiger partial charge < -0.3 is 9.97 Å². The third-order valence-electron chi connectivity index (χ3n) is 4.58. The van der Waals surface area contributed by atoms with E-state index in [-0.39, 0.29) is 12.5 Å². The van der Waals surface area contributed by atoms with E-state index in [1.54, 1.807) is 0 Å². The molecule has 0 aliphatic carbocycles. The molecule has 1 saturated heterocycles. The maximum absolute atomic E-state index is 12.8. The van der Waals surface area contributed by atoms with Crippen LogP contribution in [0.2, 0.25) is 0 Å². The zero-order valence-corrected chi connectivity index (χ0v) is 14.5. The Morgan fingerprint density at radius 2 is 1.96 bits per heavy atom. The van der Waals surface area contributed by atoms with Gasteiger partial charge in [0, 0.05) is 25.2 Å². The highest BCUT2D eigenvalue weighted by atomic mass is 32.2. The maximum atomic E-state index is 12.8. The molecule has 3 N–H and O–H groups in total. The number of nitrogens with zero attached hydrogens (tertiary/aromatic N) is 2. The minimum Gasteiger partial charge on any atom is -0.342 e. The highest BCUT2D eigenvalue weighted by Gasteiger charge is 2.33. The van der Waals surface area contributed by atoms with E-state index in [1.807, 2.05) is 29.2 Å². The van der Waals surface area contributed by atoms with Crippen molar-refractivity contribution in [2.75, 3.05) is 13.1 Å². The van der Waals surface area contributed by atoms with Crippen molar-refractivity contribution >= 4 is 21.1 Å². The van der Waals surface area contributed by atoms with Crippen LogP contribution in [-0.2, 0) is 10.0 Å². The van der Waals surface area contributed by atoms with Crippen LogP contribution in [0.3, 0.4) is 0 Å². The summed E-state index contributed by atoms with van der Waals surface area (Å²) in [7, 11) is -4.00. The molecule has 0 amide bonds. The zero-order valence-electron chi connectivity index (χ0n) is 13.7. The highest BCUT2D eigenvalue weighted by Crippen LogP contribution is 2.29. The molecule has 1 unspecified atom stereocenters. The van der Waals surface area contributed by atoms with Gasteiger partial charge in [0.25, 0.3) is 5.56 Å². The van der Waals surface area contributed by atoms with Crippen molar-refractivity contribution < 1.29 is 8.42 Å². The van der Waals surface area contributed by atoms with Crippen LogP contribution in [0, 0.1) is 0 Å². The smallest absolute Gasteiger partial charge is 0.325 e. The van der Waals surface area contributed by atoms with Gasteiger partial charge >= 0.3 is 5.69 Å². The summed E-state index contributed by atoms with van der Waals surface area (Å²) in [6.45, 7) is 0.540. The number of para-hydroxylation sites is 2. The molecule has 1 aliphatic rings. The predicted octanol–water partition coefficient (Wildman–Crippen LogP) is 0.508. The first-order chi connectivity index (χ1) is 12.4. The number of nitrogens with one attached hydrogen (secondary N) is 3. The summed E-state index contributed by atoms with van der Waals surface area (Å²) >= 11 is 0. The fourth-order valence-corrected chi connectivity index (χ4v) is 4.79. The first-order valence-electron chi connectivity index (χ1n) is 8.22. The third kappa shape index (κ3) is 2.86. The number of piperidine rings is 1. The molecule has 0 radical (unpaired) electrons. The lowest BCUT2D eigenvalue weighted by atomic mass is 9.99. The number of imidazole rings is 1. The first-order valence-corrected chi connectivity index (χ1v) is 9.66. The molecular formula is C16H17N5O4S. The Labute approximate surface area is 148 Å². The lowest BCUT2D eigenvalue weighted by molar-refractivity contribution is 0.310. The summed E-state index contributed by atoms with van der Waals surface area (Å²) in [4.78, 5) is 34.6. The van der Waals surface area contributed by atoms with Gasteiger partial charge in [-0.15, -0.1) is 0 Å². The Bertz CT molecular complexity index is 1140. The molecular weight excluding hydrogens is 358 g/mol. The van der Waals surface area contributed by atoms with Gasteiger partial charge in [-0.1, -0.05) is 12.1 Å². The Hall–Kier alpha value is -2.72. The van der Waals surface area contributed by atoms with E-state index in [0.29, 0.717) is 13.0 Å². The van der Waals surface area contributed by atoms with Gasteiger partial charge in [0.2, 0.25) is 10.0 Å². The van der Waals surface area contributed by atoms with E-state index < -0.39 is 26.2 Å². The molecule has 1 aliphatic heterocycles. The molecule has 136 valence electrons. The molecule has 9 nitrogen and oxygen atoms in total. The lowest BCUT2D eigenvalue weighted by Gasteiger charge is -2.30. The average molecular weight is 375 g/mol. The molecule has 4 rings (SSSR count). The summed E-state index contributed by atoms with van der Waals surface area (Å²) in [5.74, 6) is 0.647. The number of benzene rings is 1. The lowest BCUT2D eigenvalue weighted by Crippen LogP contribution is -2.42. The zero-order chi connectivity index (χ0) is 18.3. The summed E-state index contributed by atoms with van der Waals surface area (Å²) in [6, 6.07) is 7.62. The monoisotopic (exact) mass is 375 g/mol. The molecule has 3 heterocycles. The highest BCUT2D eigenvalue weighted by molar-refractivity contribution is 7.89. The molecule has 26 heavy (non-hydrogen) atoms. The predicted molar refractivity (Wildman–Crippen MR) is 94.5 cm³/mol. The molecule has 2 aromatic heterocycles. The van der Waals surface area contributed by atoms with E-state index in [0.717, 1.165) is 29.5 Å². The van der Waals surface area contributed by atoms with Crippen molar-refractivity contribution in [2.24, 2.45) is 0 Å². The largest absolute Gasteiger partial charge is 0.342 e. The van der Waals surface area contributed by atoms with Gasteiger partial charge in [0.15, 0.2) is 4.90 Å². The number of rotatable bonds is 3. The van der Waals surface area contributed by atoms with Gasteiger partial charge in [0.1, 0.15) is 5.82 Å². The van der Waals surface area contributed by atoms with E-state index in [1.165, 1.54) is 4.31 Å². The minimum atomic E-state index is -4.00. The minimum absolute atomic E-state index is 0.0900. The SMILES string of the molecule is O=c1[nH]cc(S(=O)(=O)N2CCCC(c3nc4ccccc4[nH]3)C2)c(=O)[nH]1. The Morgan fingerprint density at radius 3 is 2.73 bits per heavy atom. The third-order valence-corrected chi connectivity index (χ3v) is 6.45. The van der Waals surface area contributed by atoms with Crippen molar-refractivity contribution in [3.05, 3.63) is 57.1 Å². The van der Waals surface area contributed by atoms with Crippen LogP contribution in [0.5, 0.6) is 0 Å². The summed E-state index contributed by atoms with van der Waals surface area (Å²) in [5, 5.41) is 0. The summed E-state index contributed by atoms with van der Waals surface area (Å²) < 4.78 is 26.9. The number of sulfonamides is 1. The summed E-state index contributed by atoms with van der Waals surface area (Å²) in [6.07, 6.45) is 2.40. The number of hydrogen-bond donors (Lipinski definition) is 3. The van der Waals surface area contributed by atoms with E-state index >= 15 is 0 Å². The fraction of sp³-hybridized carbons (Fsp3) is 0.312. The molecule has 0 spiro atoms. The maximum Gasteiger partial charge on any atom is 0.325 e. The normalized spacial score (nSPS) is 19.0. The van der Waals surface area contributed by atoms with Crippen LogP contribution in [0.25, 0.3) is 11.0 Å². The van der Waals surface area contributed by atoms with Gasteiger partial charge in [-0.2, -0.15) is 4.31 Å². The van der Waals surface area contributed by atoms with Crippen LogP contribution in [-0.4, -0.2) is 45.7 Å². The molecule has 0 saturated carbocycles. The molecule has 1 aromatic carbocycles. The molecule has 10 heteroatoms. The van der Waals surface area contributed by atoms with Gasteiger partial charge in [-0.3, -0.25) is 9.78 Å². The molecule has 0 bridgehead atoms. The number of fused-ring (bicyclic) bond motifs is 1. The Balaban J connectivity index is 1.65.